The van der Waals surface area contributed by atoms with Crippen LogP contribution in [-0.2, 0) is 15.7 Å². The molecule has 1 fully saturated rings. The summed E-state index contributed by atoms with van der Waals surface area (Å²) in [5.74, 6) is 0. The third-order valence-corrected chi connectivity index (χ3v) is 5.00. The van der Waals surface area contributed by atoms with Crippen LogP contribution < -0.4 is 15.1 Å². The van der Waals surface area contributed by atoms with Crippen LogP contribution in [0.3, 0.4) is 0 Å². The predicted molar refractivity (Wildman–Crippen MR) is 112 cm³/mol. The molecule has 1 N–H and O–H groups in total. The van der Waals surface area contributed by atoms with E-state index >= 15 is 0 Å². The van der Waals surface area contributed by atoms with Gasteiger partial charge >= 0.3 is 0 Å². The maximum Gasteiger partial charge on any atom is 0.195 e. The largest absolute Gasteiger partial charge is 0.378 e. The molecule has 0 aliphatic carbocycles. The number of hydrogen-bond donors (Lipinski definition) is 1. The van der Waals surface area contributed by atoms with Gasteiger partial charge in [0.1, 0.15) is 11.0 Å². The Balaban J connectivity index is 2.18. The van der Waals surface area contributed by atoms with Crippen molar-refractivity contribution in [1.29, 1.82) is 0 Å². The molecule has 1 aliphatic rings. The fraction of sp³-hybridized carbons (Fsp3) is 0.300. The summed E-state index contributed by atoms with van der Waals surface area (Å²) in [5.41, 5.74) is 3.26. The van der Waals surface area contributed by atoms with Gasteiger partial charge in [-0.15, -0.1) is 0 Å². The second-order valence-electron chi connectivity index (χ2n) is 6.34. The number of nitrogens with one attached hydrogen (secondary N) is 1. The van der Waals surface area contributed by atoms with Crippen LogP contribution in [-0.4, -0.2) is 41.8 Å². The number of fused-ring (bicyclic) bond motifs is 1. The van der Waals surface area contributed by atoms with E-state index < -0.39 is 11.0 Å². The van der Waals surface area contributed by atoms with Crippen LogP contribution in [0.15, 0.2) is 41.5 Å². The van der Waals surface area contributed by atoms with Crippen LogP contribution in [0.1, 0.15) is 18.1 Å². The standard InChI is InChI=1S/C20H23N3O3S/c1-4-15-5-6-19-18(20(24)17(15)11-14(2)22-27(3)25)12-16(13-21-19)23-7-9-26-10-8-23/h4-6,11-13,22H,1,7-10H2,2-3H3/b14-11+. The average molecular weight is 385 g/mol. The molecular weight excluding hydrogens is 362 g/mol. The molecule has 7 heteroatoms. The van der Waals surface area contributed by atoms with Crippen molar-refractivity contribution in [3.63, 3.8) is 0 Å². The lowest BCUT2D eigenvalue weighted by atomic mass is 10.1. The Morgan fingerprint density at radius 3 is 2.78 bits per heavy atom. The molecule has 0 radical (unpaired) electrons. The van der Waals surface area contributed by atoms with E-state index in [1.807, 2.05) is 18.2 Å². The van der Waals surface area contributed by atoms with Crippen LogP contribution in [0, 0.1) is 0 Å². The summed E-state index contributed by atoms with van der Waals surface area (Å²) in [5, 5.41) is 0.545. The van der Waals surface area contributed by atoms with Gasteiger partial charge < -0.3 is 14.4 Å². The summed E-state index contributed by atoms with van der Waals surface area (Å²) in [6, 6.07) is 5.55. The zero-order valence-electron chi connectivity index (χ0n) is 15.5. The van der Waals surface area contributed by atoms with E-state index in [9.17, 15) is 9.00 Å². The molecule has 2 heterocycles. The highest BCUT2D eigenvalue weighted by Crippen LogP contribution is 2.20. The number of hydrogen-bond acceptors (Lipinski definition) is 5. The van der Waals surface area contributed by atoms with Gasteiger partial charge in [0.2, 0.25) is 0 Å². The molecule has 1 atom stereocenters. The molecule has 142 valence electrons. The fourth-order valence-electron chi connectivity index (χ4n) is 3.11. The number of ether oxygens (including phenoxy) is 1. The first kappa shape index (κ1) is 19.3. The Morgan fingerprint density at radius 1 is 1.37 bits per heavy atom. The molecule has 1 aromatic carbocycles. The second-order valence-corrected chi connectivity index (χ2v) is 7.46. The first-order valence-corrected chi connectivity index (χ1v) is 10.3. The van der Waals surface area contributed by atoms with Crippen LogP contribution in [0.25, 0.3) is 23.1 Å². The van der Waals surface area contributed by atoms with E-state index in [2.05, 4.69) is 21.2 Å². The molecule has 2 aromatic rings. The summed E-state index contributed by atoms with van der Waals surface area (Å²) in [6.07, 6.45) is 6.69. The van der Waals surface area contributed by atoms with Gasteiger partial charge in [0.25, 0.3) is 0 Å². The first-order chi connectivity index (χ1) is 13.0. The van der Waals surface area contributed by atoms with E-state index in [0.29, 0.717) is 40.9 Å². The normalized spacial score (nSPS) is 16.2. The summed E-state index contributed by atoms with van der Waals surface area (Å²) in [4.78, 5) is 20.0. The Hall–Kier alpha value is -2.51. The van der Waals surface area contributed by atoms with Crippen molar-refractivity contribution in [3.8, 4) is 0 Å². The molecule has 6 nitrogen and oxygen atoms in total. The van der Waals surface area contributed by atoms with Crippen molar-refractivity contribution in [3.05, 3.63) is 58.0 Å². The minimum absolute atomic E-state index is 0.129. The Bertz CT molecular complexity index is 982. The van der Waals surface area contributed by atoms with Crippen LogP contribution in [0.5, 0.6) is 0 Å². The van der Waals surface area contributed by atoms with Crippen molar-refractivity contribution in [2.45, 2.75) is 6.92 Å². The van der Waals surface area contributed by atoms with E-state index in [4.69, 9.17) is 4.74 Å². The summed E-state index contributed by atoms with van der Waals surface area (Å²) >= 11 is 0. The third kappa shape index (κ3) is 4.43. The lowest BCUT2D eigenvalue weighted by Gasteiger charge is -2.28. The number of nitrogens with zero attached hydrogens (tertiary/aromatic N) is 2. The van der Waals surface area contributed by atoms with Gasteiger partial charge in [-0.05, 0) is 30.7 Å². The Labute approximate surface area is 161 Å². The topological polar surface area (TPSA) is 71.5 Å². The number of allylic oxidation sites excluding steroid dienone is 1. The number of rotatable bonds is 5. The zero-order valence-corrected chi connectivity index (χ0v) is 16.3. The van der Waals surface area contributed by atoms with Crippen LogP contribution in [0.4, 0.5) is 5.69 Å². The number of aromatic nitrogens is 1. The van der Waals surface area contributed by atoms with Gasteiger partial charge in [0.15, 0.2) is 5.43 Å². The molecule has 3 rings (SSSR count). The number of pyridine rings is 1. The Kier molecular flexibility index (Phi) is 6.03. The van der Waals surface area contributed by atoms with Gasteiger partial charge in [-0.2, -0.15) is 0 Å². The molecule has 1 aromatic heterocycles. The van der Waals surface area contributed by atoms with Gasteiger partial charge in [0.05, 0.1) is 36.0 Å². The zero-order chi connectivity index (χ0) is 19.4. The lowest BCUT2D eigenvalue weighted by molar-refractivity contribution is 0.122. The molecule has 0 saturated carbocycles. The molecule has 1 aliphatic heterocycles. The predicted octanol–water partition coefficient (Wildman–Crippen LogP) is 2.32. The summed E-state index contributed by atoms with van der Waals surface area (Å²) in [7, 11) is -1.21. The number of morpholine rings is 1. The molecule has 1 unspecified atom stereocenters. The van der Waals surface area contributed by atoms with Crippen molar-refractivity contribution < 1.29 is 8.95 Å². The molecule has 0 amide bonds. The maximum atomic E-state index is 13.3. The van der Waals surface area contributed by atoms with Gasteiger partial charge in [-0.1, -0.05) is 18.7 Å². The summed E-state index contributed by atoms with van der Waals surface area (Å²) in [6.45, 7) is 8.48. The molecule has 27 heavy (non-hydrogen) atoms. The van der Waals surface area contributed by atoms with E-state index in [1.54, 1.807) is 31.5 Å². The molecular formula is C20H23N3O3S. The highest BCUT2D eigenvalue weighted by Gasteiger charge is 2.14. The fourth-order valence-corrected chi connectivity index (χ4v) is 3.62. The molecule has 0 spiro atoms. The SMILES string of the molecule is C=Cc1ccc2ncc(N3CCOCC3)cc2c(=O)c1/C=C(\C)NS(C)=O. The smallest absolute Gasteiger partial charge is 0.195 e. The van der Waals surface area contributed by atoms with Crippen molar-refractivity contribution in [1.82, 2.24) is 9.71 Å². The highest BCUT2D eigenvalue weighted by molar-refractivity contribution is 7.82. The van der Waals surface area contributed by atoms with E-state index in [-0.39, 0.29) is 5.43 Å². The molecule has 0 bridgehead atoms. The highest BCUT2D eigenvalue weighted by atomic mass is 32.2. The molecule has 1 saturated heterocycles. The maximum absolute atomic E-state index is 13.3. The van der Waals surface area contributed by atoms with Gasteiger partial charge in [-0.3, -0.25) is 9.78 Å². The first-order valence-electron chi connectivity index (χ1n) is 8.70. The lowest BCUT2D eigenvalue weighted by Crippen LogP contribution is -2.36. The Morgan fingerprint density at radius 2 is 2.11 bits per heavy atom. The van der Waals surface area contributed by atoms with Crippen LogP contribution >= 0.6 is 0 Å². The van der Waals surface area contributed by atoms with E-state index in [0.717, 1.165) is 18.8 Å². The van der Waals surface area contributed by atoms with Gasteiger partial charge in [-0.25, -0.2) is 4.21 Å². The second kappa shape index (κ2) is 8.45. The summed E-state index contributed by atoms with van der Waals surface area (Å²) < 4.78 is 19.6. The van der Waals surface area contributed by atoms with Gasteiger partial charge in [0, 0.05) is 30.6 Å². The minimum Gasteiger partial charge on any atom is -0.378 e. The van der Waals surface area contributed by atoms with Crippen LogP contribution in [0.2, 0.25) is 0 Å². The number of anilines is 1. The van der Waals surface area contributed by atoms with Crippen molar-refractivity contribution in [2.75, 3.05) is 37.5 Å². The monoisotopic (exact) mass is 385 g/mol. The van der Waals surface area contributed by atoms with Crippen molar-refractivity contribution >= 4 is 39.7 Å². The van der Waals surface area contributed by atoms with Crippen molar-refractivity contribution in [2.24, 2.45) is 0 Å². The quantitative estimate of drug-likeness (QED) is 0.855. The average Bonchev–Trinajstić information content (AvgIpc) is 2.79. The minimum atomic E-state index is -1.21. The third-order valence-electron chi connectivity index (χ3n) is 4.39. The van der Waals surface area contributed by atoms with E-state index in [1.165, 1.54) is 0 Å².